The number of fused-ring (bicyclic) bond motifs is 1. The number of aryl methyl sites for hydroxylation is 1. The van der Waals surface area contributed by atoms with Gasteiger partial charge in [-0.05, 0) is 26.0 Å². The molecule has 17 heavy (non-hydrogen) atoms. The third-order valence-electron chi connectivity index (χ3n) is 2.71. The Bertz CT molecular complexity index is 601. The Morgan fingerprint density at radius 3 is 2.65 bits per heavy atom. The van der Waals surface area contributed by atoms with Crippen molar-refractivity contribution < 1.29 is 9.84 Å². The first-order chi connectivity index (χ1) is 8.20. The van der Waals surface area contributed by atoms with Crippen LogP contribution in [0.5, 0.6) is 11.5 Å². The summed E-state index contributed by atoms with van der Waals surface area (Å²) in [4.78, 5) is 12.1. The van der Waals surface area contributed by atoms with Crippen molar-refractivity contribution in [3.8, 4) is 11.5 Å². The predicted molar refractivity (Wildman–Crippen MR) is 66.7 cm³/mol. The summed E-state index contributed by atoms with van der Waals surface area (Å²) in [7, 11) is 0. The Hall–Kier alpha value is -1.97. The number of aromatic hydroxyl groups is 1. The van der Waals surface area contributed by atoms with E-state index in [1.807, 2.05) is 25.1 Å². The fraction of sp³-hybridized carbons (Fsp3) is 0.308. The minimum Gasteiger partial charge on any atom is -0.504 e. The van der Waals surface area contributed by atoms with Crippen LogP contribution in [0.1, 0.15) is 13.8 Å². The molecule has 0 fully saturated rings. The molecule has 0 radical (unpaired) electrons. The van der Waals surface area contributed by atoms with Gasteiger partial charge in [-0.2, -0.15) is 0 Å². The lowest BCUT2D eigenvalue weighted by Crippen LogP contribution is -2.21. The second-order valence-electron chi connectivity index (χ2n) is 3.68. The summed E-state index contributed by atoms with van der Waals surface area (Å²) in [6, 6.07) is 7.25. The first kappa shape index (κ1) is 11.5. The van der Waals surface area contributed by atoms with E-state index in [1.165, 1.54) is 0 Å². The Labute approximate surface area is 99.1 Å². The minimum atomic E-state index is -0.287. The highest BCUT2D eigenvalue weighted by molar-refractivity contribution is 5.87. The van der Waals surface area contributed by atoms with Gasteiger partial charge in [-0.25, -0.2) is 0 Å². The van der Waals surface area contributed by atoms with Gasteiger partial charge in [0, 0.05) is 11.9 Å². The van der Waals surface area contributed by atoms with Crippen molar-refractivity contribution >= 4 is 10.9 Å². The summed E-state index contributed by atoms with van der Waals surface area (Å²) < 4.78 is 6.83. The van der Waals surface area contributed by atoms with Gasteiger partial charge in [0.25, 0.3) is 5.56 Å². The van der Waals surface area contributed by atoms with Gasteiger partial charge in [-0.15, -0.1) is 0 Å². The summed E-state index contributed by atoms with van der Waals surface area (Å²) in [6.07, 6.45) is 0. The van der Waals surface area contributed by atoms with Crippen LogP contribution in [-0.2, 0) is 6.54 Å². The van der Waals surface area contributed by atoms with Crippen LogP contribution in [-0.4, -0.2) is 16.3 Å². The number of hydrogen-bond donors (Lipinski definition) is 1. The van der Waals surface area contributed by atoms with Crippen molar-refractivity contribution in [2.24, 2.45) is 0 Å². The largest absolute Gasteiger partial charge is 0.504 e. The molecule has 0 aliphatic carbocycles. The SMILES string of the molecule is CCOc1c(O)c2ccccc2n(CC)c1=O. The molecule has 2 rings (SSSR count). The van der Waals surface area contributed by atoms with Gasteiger partial charge in [0.15, 0.2) is 5.75 Å². The smallest absolute Gasteiger partial charge is 0.297 e. The van der Waals surface area contributed by atoms with Gasteiger partial charge in [0.2, 0.25) is 5.75 Å². The monoisotopic (exact) mass is 233 g/mol. The lowest BCUT2D eigenvalue weighted by molar-refractivity contribution is 0.312. The zero-order chi connectivity index (χ0) is 12.4. The third-order valence-corrected chi connectivity index (χ3v) is 2.71. The molecule has 4 heteroatoms. The lowest BCUT2D eigenvalue weighted by Gasteiger charge is -2.13. The first-order valence-electron chi connectivity index (χ1n) is 5.68. The number of benzene rings is 1. The molecule has 0 atom stereocenters. The van der Waals surface area contributed by atoms with E-state index in [2.05, 4.69) is 0 Å². The Morgan fingerprint density at radius 1 is 1.29 bits per heavy atom. The summed E-state index contributed by atoms with van der Waals surface area (Å²) in [5, 5.41) is 10.7. The third kappa shape index (κ3) is 1.75. The van der Waals surface area contributed by atoms with E-state index in [-0.39, 0.29) is 17.1 Å². The molecule has 1 aromatic carbocycles. The molecule has 0 aliphatic heterocycles. The van der Waals surface area contributed by atoms with Crippen molar-refractivity contribution in [3.05, 3.63) is 34.6 Å². The van der Waals surface area contributed by atoms with Gasteiger partial charge in [-0.1, -0.05) is 12.1 Å². The number of aromatic nitrogens is 1. The molecular formula is C13H15NO3. The Kier molecular flexibility index (Phi) is 3.04. The van der Waals surface area contributed by atoms with Gasteiger partial charge in [-0.3, -0.25) is 4.79 Å². The van der Waals surface area contributed by atoms with Crippen molar-refractivity contribution in [1.82, 2.24) is 4.57 Å². The molecule has 0 amide bonds. The summed E-state index contributed by atoms with van der Waals surface area (Å²) in [5.41, 5.74) is 0.437. The zero-order valence-corrected chi connectivity index (χ0v) is 9.93. The van der Waals surface area contributed by atoms with E-state index in [0.717, 1.165) is 5.52 Å². The zero-order valence-electron chi connectivity index (χ0n) is 9.93. The molecule has 0 spiro atoms. The fourth-order valence-electron chi connectivity index (χ4n) is 1.95. The maximum atomic E-state index is 12.1. The number of para-hydroxylation sites is 1. The first-order valence-corrected chi connectivity index (χ1v) is 5.68. The maximum Gasteiger partial charge on any atom is 0.297 e. The number of nitrogens with zero attached hydrogens (tertiary/aromatic N) is 1. The van der Waals surface area contributed by atoms with Crippen molar-refractivity contribution in [2.75, 3.05) is 6.61 Å². The van der Waals surface area contributed by atoms with Gasteiger partial charge in [0.05, 0.1) is 12.1 Å². The molecule has 2 aromatic rings. The van der Waals surface area contributed by atoms with Crippen molar-refractivity contribution in [3.63, 3.8) is 0 Å². The molecule has 0 saturated heterocycles. The summed E-state index contributed by atoms with van der Waals surface area (Å²) in [6.45, 7) is 4.57. The number of pyridine rings is 1. The van der Waals surface area contributed by atoms with E-state index in [9.17, 15) is 9.90 Å². The number of rotatable bonds is 3. The Morgan fingerprint density at radius 2 is 2.00 bits per heavy atom. The molecule has 90 valence electrons. The van der Waals surface area contributed by atoms with E-state index >= 15 is 0 Å². The molecule has 0 unspecified atom stereocenters. The molecule has 1 heterocycles. The highest BCUT2D eigenvalue weighted by Crippen LogP contribution is 2.30. The van der Waals surface area contributed by atoms with E-state index in [0.29, 0.717) is 18.5 Å². The topological polar surface area (TPSA) is 51.5 Å². The fourth-order valence-corrected chi connectivity index (χ4v) is 1.95. The number of ether oxygens (including phenoxy) is 1. The molecule has 0 bridgehead atoms. The van der Waals surface area contributed by atoms with Crippen molar-refractivity contribution in [2.45, 2.75) is 20.4 Å². The molecule has 0 aliphatic rings. The normalized spacial score (nSPS) is 10.7. The quantitative estimate of drug-likeness (QED) is 0.883. The predicted octanol–water partition coefficient (Wildman–Crippen LogP) is 2.13. The summed E-state index contributed by atoms with van der Waals surface area (Å²) >= 11 is 0. The Balaban J connectivity index is 2.89. The maximum absolute atomic E-state index is 12.1. The van der Waals surface area contributed by atoms with Gasteiger partial charge >= 0.3 is 0 Å². The van der Waals surface area contributed by atoms with Crippen LogP contribution in [0.4, 0.5) is 0 Å². The van der Waals surface area contributed by atoms with E-state index in [4.69, 9.17) is 4.74 Å². The molecule has 4 nitrogen and oxygen atoms in total. The average Bonchev–Trinajstić information content (AvgIpc) is 2.35. The summed E-state index contributed by atoms with van der Waals surface area (Å²) in [5.74, 6) is -0.0369. The van der Waals surface area contributed by atoms with Crippen LogP contribution >= 0.6 is 0 Å². The van der Waals surface area contributed by atoms with E-state index in [1.54, 1.807) is 17.6 Å². The molecular weight excluding hydrogens is 218 g/mol. The lowest BCUT2D eigenvalue weighted by atomic mass is 10.2. The minimum absolute atomic E-state index is 0.0352. The average molecular weight is 233 g/mol. The van der Waals surface area contributed by atoms with Crippen LogP contribution in [0, 0.1) is 0 Å². The molecule has 0 saturated carbocycles. The van der Waals surface area contributed by atoms with Crippen LogP contribution in [0.15, 0.2) is 29.1 Å². The molecule has 1 N–H and O–H groups in total. The second-order valence-corrected chi connectivity index (χ2v) is 3.68. The standard InChI is InChI=1S/C13H15NO3/c1-3-14-10-8-6-5-7-9(10)11(15)12(13(14)16)17-4-2/h5-8,15H,3-4H2,1-2H3. The van der Waals surface area contributed by atoms with Crippen LogP contribution in [0.25, 0.3) is 10.9 Å². The van der Waals surface area contributed by atoms with Crippen molar-refractivity contribution in [1.29, 1.82) is 0 Å². The van der Waals surface area contributed by atoms with Gasteiger partial charge in [0.1, 0.15) is 0 Å². The van der Waals surface area contributed by atoms with E-state index < -0.39 is 0 Å². The number of hydrogen-bond acceptors (Lipinski definition) is 3. The highest BCUT2D eigenvalue weighted by atomic mass is 16.5. The molecule has 1 aromatic heterocycles. The van der Waals surface area contributed by atoms with Crippen LogP contribution in [0.3, 0.4) is 0 Å². The van der Waals surface area contributed by atoms with Crippen LogP contribution < -0.4 is 10.3 Å². The van der Waals surface area contributed by atoms with Gasteiger partial charge < -0.3 is 14.4 Å². The van der Waals surface area contributed by atoms with Crippen LogP contribution in [0.2, 0.25) is 0 Å². The second kappa shape index (κ2) is 4.49. The highest BCUT2D eigenvalue weighted by Gasteiger charge is 2.15.